The van der Waals surface area contributed by atoms with Crippen molar-refractivity contribution in [2.45, 2.75) is 58.0 Å². The van der Waals surface area contributed by atoms with Crippen molar-refractivity contribution in [2.75, 3.05) is 13.1 Å². The summed E-state index contributed by atoms with van der Waals surface area (Å²) in [5, 5.41) is 2.12. The quantitative estimate of drug-likeness (QED) is 0.720. The Morgan fingerprint density at radius 2 is 1.86 bits per heavy atom. The first kappa shape index (κ1) is 20.1. The van der Waals surface area contributed by atoms with Crippen molar-refractivity contribution >= 4 is 23.2 Å². The van der Waals surface area contributed by atoms with Crippen molar-refractivity contribution in [2.24, 2.45) is 5.92 Å². The Labute approximate surface area is 177 Å². The zero-order valence-corrected chi connectivity index (χ0v) is 18.2. The van der Waals surface area contributed by atoms with Crippen LogP contribution in [-0.4, -0.2) is 40.7 Å². The number of nitrogens with zero attached hydrogens (tertiary/aromatic N) is 2. The number of amides is 2. The van der Waals surface area contributed by atoms with E-state index in [0.717, 1.165) is 37.7 Å². The van der Waals surface area contributed by atoms with E-state index in [9.17, 15) is 9.59 Å². The first-order valence-electron chi connectivity index (χ1n) is 10.8. The van der Waals surface area contributed by atoms with E-state index in [1.807, 2.05) is 41.8 Å². The van der Waals surface area contributed by atoms with Gasteiger partial charge in [0.25, 0.3) is 0 Å². The van der Waals surface area contributed by atoms with Gasteiger partial charge in [-0.05, 0) is 55.7 Å². The van der Waals surface area contributed by atoms with Gasteiger partial charge in [-0.3, -0.25) is 9.59 Å². The largest absolute Gasteiger partial charge is 0.331 e. The molecule has 29 heavy (non-hydrogen) atoms. The standard InChI is InChI=1S/C24H30N2O2S/c1-17(2)26(24(28)19-10-6-7-11-19)16-22(27)25-14-12-21-20(13-15-29-21)23(25)18-8-4-3-5-9-18/h3-5,8-9,13,15,17,19,23H,6-7,10-12,14,16H2,1-2H3/t23-/m1/s1. The Hall–Kier alpha value is -2.14. The van der Waals surface area contributed by atoms with Crippen LogP contribution in [0.1, 0.15) is 61.6 Å². The molecule has 1 fully saturated rings. The van der Waals surface area contributed by atoms with Gasteiger partial charge >= 0.3 is 0 Å². The van der Waals surface area contributed by atoms with E-state index < -0.39 is 0 Å². The minimum atomic E-state index is -0.0608. The molecule has 2 amide bonds. The van der Waals surface area contributed by atoms with Gasteiger partial charge in [0, 0.05) is 23.4 Å². The topological polar surface area (TPSA) is 40.6 Å². The molecule has 5 heteroatoms. The average molecular weight is 411 g/mol. The summed E-state index contributed by atoms with van der Waals surface area (Å²) in [6, 6.07) is 12.4. The molecule has 1 aromatic heterocycles. The highest BCUT2D eigenvalue weighted by Crippen LogP contribution is 2.38. The molecule has 2 aliphatic rings. The van der Waals surface area contributed by atoms with Gasteiger partial charge in [0.05, 0.1) is 6.04 Å². The smallest absolute Gasteiger partial charge is 0.243 e. The Balaban J connectivity index is 1.58. The predicted octanol–water partition coefficient (Wildman–Crippen LogP) is 4.65. The SMILES string of the molecule is CC(C)N(CC(=O)N1CCc2sccc2[C@H]1c1ccccc1)C(=O)C1CCCC1. The second kappa shape index (κ2) is 8.70. The maximum absolute atomic E-state index is 13.5. The van der Waals surface area contributed by atoms with Gasteiger partial charge in [0.2, 0.25) is 11.8 Å². The fourth-order valence-corrected chi connectivity index (χ4v) is 5.64. The molecule has 154 valence electrons. The second-order valence-electron chi connectivity index (χ2n) is 8.49. The van der Waals surface area contributed by atoms with Gasteiger partial charge in [0.15, 0.2) is 0 Å². The van der Waals surface area contributed by atoms with Gasteiger partial charge in [-0.2, -0.15) is 0 Å². The summed E-state index contributed by atoms with van der Waals surface area (Å²) in [5.74, 6) is 0.311. The van der Waals surface area contributed by atoms with Gasteiger partial charge in [-0.1, -0.05) is 43.2 Å². The van der Waals surface area contributed by atoms with Crippen molar-refractivity contribution < 1.29 is 9.59 Å². The number of hydrogen-bond acceptors (Lipinski definition) is 3. The summed E-state index contributed by atoms with van der Waals surface area (Å²) in [6.45, 7) is 4.91. The van der Waals surface area contributed by atoms with Gasteiger partial charge in [-0.15, -0.1) is 11.3 Å². The number of hydrogen-bond donors (Lipinski definition) is 0. The zero-order valence-electron chi connectivity index (χ0n) is 17.3. The molecule has 1 aliphatic heterocycles. The van der Waals surface area contributed by atoms with Crippen LogP contribution in [0.5, 0.6) is 0 Å². The van der Waals surface area contributed by atoms with Crippen molar-refractivity contribution in [1.29, 1.82) is 0 Å². The molecule has 4 nitrogen and oxygen atoms in total. The summed E-state index contributed by atoms with van der Waals surface area (Å²) in [4.78, 5) is 31.7. The maximum atomic E-state index is 13.5. The molecule has 1 aromatic carbocycles. The molecule has 0 spiro atoms. The second-order valence-corrected chi connectivity index (χ2v) is 9.49. The van der Waals surface area contributed by atoms with E-state index in [-0.39, 0.29) is 36.4 Å². The summed E-state index contributed by atoms with van der Waals surface area (Å²) >= 11 is 1.78. The molecule has 0 bridgehead atoms. The van der Waals surface area contributed by atoms with E-state index in [4.69, 9.17) is 0 Å². The van der Waals surface area contributed by atoms with Crippen molar-refractivity contribution in [1.82, 2.24) is 9.80 Å². The highest BCUT2D eigenvalue weighted by atomic mass is 32.1. The first-order valence-corrected chi connectivity index (χ1v) is 11.7. The highest BCUT2D eigenvalue weighted by Gasteiger charge is 2.35. The monoisotopic (exact) mass is 410 g/mol. The maximum Gasteiger partial charge on any atom is 0.243 e. The average Bonchev–Trinajstić information content (AvgIpc) is 3.42. The van der Waals surface area contributed by atoms with Crippen LogP contribution in [0.4, 0.5) is 0 Å². The van der Waals surface area contributed by atoms with Crippen LogP contribution in [0.2, 0.25) is 0 Å². The Morgan fingerprint density at radius 3 is 2.55 bits per heavy atom. The van der Waals surface area contributed by atoms with Gasteiger partial charge in [-0.25, -0.2) is 0 Å². The van der Waals surface area contributed by atoms with E-state index in [0.29, 0.717) is 6.54 Å². The molecule has 0 unspecified atom stereocenters. The van der Waals surface area contributed by atoms with Crippen LogP contribution in [0, 0.1) is 5.92 Å². The Morgan fingerprint density at radius 1 is 1.14 bits per heavy atom. The molecular formula is C24H30N2O2S. The third-order valence-electron chi connectivity index (χ3n) is 6.32. The van der Waals surface area contributed by atoms with Crippen molar-refractivity contribution in [3.8, 4) is 0 Å². The molecule has 1 atom stereocenters. The van der Waals surface area contributed by atoms with Crippen LogP contribution >= 0.6 is 11.3 Å². The lowest BCUT2D eigenvalue weighted by Gasteiger charge is -2.38. The fourth-order valence-electron chi connectivity index (χ4n) is 4.74. The van der Waals surface area contributed by atoms with Crippen molar-refractivity contribution in [3.63, 3.8) is 0 Å². The van der Waals surface area contributed by atoms with E-state index in [2.05, 4.69) is 23.6 Å². The predicted molar refractivity (Wildman–Crippen MR) is 117 cm³/mol. The fraction of sp³-hybridized carbons (Fsp3) is 0.500. The van der Waals surface area contributed by atoms with E-state index >= 15 is 0 Å². The van der Waals surface area contributed by atoms with Crippen LogP contribution < -0.4 is 0 Å². The van der Waals surface area contributed by atoms with Crippen LogP contribution in [-0.2, 0) is 16.0 Å². The Kier molecular flexibility index (Phi) is 6.04. The normalized spacial score (nSPS) is 19.4. The minimum Gasteiger partial charge on any atom is -0.331 e. The highest BCUT2D eigenvalue weighted by molar-refractivity contribution is 7.10. The molecule has 0 saturated heterocycles. The molecular weight excluding hydrogens is 380 g/mol. The molecule has 0 radical (unpaired) electrons. The number of fused-ring (bicyclic) bond motifs is 1. The lowest BCUT2D eigenvalue weighted by molar-refractivity contribution is -0.145. The number of rotatable bonds is 5. The summed E-state index contributed by atoms with van der Waals surface area (Å²) in [6.07, 6.45) is 5.06. The number of carbonyl (C=O) groups is 2. The van der Waals surface area contributed by atoms with Crippen LogP contribution in [0.3, 0.4) is 0 Å². The molecule has 1 saturated carbocycles. The van der Waals surface area contributed by atoms with Crippen LogP contribution in [0.15, 0.2) is 41.8 Å². The van der Waals surface area contributed by atoms with E-state index in [1.54, 1.807) is 11.3 Å². The molecule has 1 aliphatic carbocycles. The first-order chi connectivity index (χ1) is 14.1. The summed E-state index contributed by atoms with van der Waals surface area (Å²) < 4.78 is 0. The number of thiophene rings is 1. The summed E-state index contributed by atoms with van der Waals surface area (Å²) in [5.41, 5.74) is 2.37. The number of carbonyl (C=O) groups excluding carboxylic acids is 2. The lowest BCUT2D eigenvalue weighted by atomic mass is 9.93. The zero-order chi connectivity index (χ0) is 20.4. The molecule has 2 aromatic rings. The third kappa shape index (κ3) is 4.11. The minimum absolute atomic E-state index is 0.0312. The van der Waals surface area contributed by atoms with Crippen molar-refractivity contribution in [3.05, 3.63) is 57.8 Å². The Bertz CT molecular complexity index is 855. The van der Waals surface area contributed by atoms with E-state index in [1.165, 1.54) is 10.4 Å². The molecule has 2 heterocycles. The third-order valence-corrected chi connectivity index (χ3v) is 7.31. The van der Waals surface area contributed by atoms with Gasteiger partial charge in [0.1, 0.15) is 6.54 Å². The molecule has 4 rings (SSSR count). The molecule has 0 N–H and O–H groups in total. The summed E-state index contributed by atoms with van der Waals surface area (Å²) in [7, 11) is 0. The van der Waals surface area contributed by atoms with Gasteiger partial charge < -0.3 is 9.80 Å². The number of benzene rings is 1. The van der Waals surface area contributed by atoms with Crippen LogP contribution in [0.25, 0.3) is 0 Å². The lowest BCUT2D eigenvalue weighted by Crippen LogP contribution is -2.49.